The maximum Gasteiger partial charge on any atom is 0.248 e. The SMILES string of the molecule is CC.CC.CC1CN(C)C(=O)CO1. The lowest BCUT2D eigenvalue weighted by Crippen LogP contribution is -2.42. The molecule has 3 nitrogen and oxygen atoms in total. The fourth-order valence-electron chi connectivity index (χ4n) is 0.864. The molecular weight excluding hydrogens is 166 g/mol. The fraction of sp³-hybridized carbons (Fsp3) is 0.900. The molecule has 1 rings (SSSR count). The summed E-state index contributed by atoms with van der Waals surface area (Å²) in [5, 5.41) is 0. The van der Waals surface area contributed by atoms with E-state index in [9.17, 15) is 4.79 Å². The molecule has 0 aliphatic carbocycles. The van der Waals surface area contributed by atoms with E-state index in [0.717, 1.165) is 6.54 Å². The zero-order chi connectivity index (χ0) is 10.9. The third kappa shape index (κ3) is 6.58. The minimum atomic E-state index is 0.0769. The Bertz CT molecular complexity index is 126. The fourth-order valence-corrected chi connectivity index (χ4v) is 0.864. The van der Waals surface area contributed by atoms with Crippen molar-refractivity contribution in [2.24, 2.45) is 0 Å². The van der Waals surface area contributed by atoms with Gasteiger partial charge in [-0.2, -0.15) is 0 Å². The molecule has 1 amide bonds. The topological polar surface area (TPSA) is 29.5 Å². The van der Waals surface area contributed by atoms with Crippen molar-refractivity contribution in [1.29, 1.82) is 0 Å². The molecule has 1 unspecified atom stereocenters. The third-order valence-corrected chi connectivity index (χ3v) is 1.45. The minimum Gasteiger partial charge on any atom is -0.367 e. The van der Waals surface area contributed by atoms with Gasteiger partial charge in [-0.25, -0.2) is 0 Å². The molecule has 1 aliphatic heterocycles. The summed E-state index contributed by atoms with van der Waals surface area (Å²) in [6, 6.07) is 0. The van der Waals surface area contributed by atoms with Gasteiger partial charge in [0, 0.05) is 13.6 Å². The molecule has 0 saturated carbocycles. The molecule has 0 aromatic rings. The molecule has 0 N–H and O–H groups in total. The van der Waals surface area contributed by atoms with E-state index in [4.69, 9.17) is 4.74 Å². The van der Waals surface area contributed by atoms with Crippen molar-refractivity contribution in [3.8, 4) is 0 Å². The highest BCUT2D eigenvalue weighted by molar-refractivity contribution is 5.77. The average molecular weight is 189 g/mol. The summed E-state index contributed by atoms with van der Waals surface area (Å²) in [5.41, 5.74) is 0. The van der Waals surface area contributed by atoms with Gasteiger partial charge in [-0.15, -0.1) is 0 Å². The summed E-state index contributed by atoms with van der Waals surface area (Å²) in [6.07, 6.45) is 0.202. The summed E-state index contributed by atoms with van der Waals surface area (Å²) < 4.78 is 5.07. The Morgan fingerprint density at radius 2 is 1.77 bits per heavy atom. The molecule has 80 valence electrons. The number of carbonyl (C=O) groups excluding carboxylic acids is 1. The zero-order valence-corrected chi connectivity index (χ0v) is 9.76. The first-order valence-corrected chi connectivity index (χ1v) is 5.05. The Kier molecular flexibility index (Phi) is 10.9. The van der Waals surface area contributed by atoms with Crippen molar-refractivity contribution in [2.45, 2.75) is 40.7 Å². The monoisotopic (exact) mass is 189 g/mol. The Morgan fingerprint density at radius 3 is 2.08 bits per heavy atom. The Morgan fingerprint density at radius 1 is 1.31 bits per heavy atom. The summed E-state index contributed by atoms with van der Waals surface area (Å²) in [6.45, 7) is 10.9. The third-order valence-electron chi connectivity index (χ3n) is 1.45. The van der Waals surface area contributed by atoms with Gasteiger partial charge in [0.2, 0.25) is 5.91 Å². The normalized spacial score (nSPS) is 20.9. The number of hydrogen-bond acceptors (Lipinski definition) is 2. The summed E-state index contributed by atoms with van der Waals surface area (Å²) in [4.78, 5) is 12.4. The first kappa shape index (κ1) is 14.9. The molecule has 0 spiro atoms. The van der Waals surface area contributed by atoms with Crippen molar-refractivity contribution in [2.75, 3.05) is 20.2 Å². The Hall–Kier alpha value is -0.570. The smallest absolute Gasteiger partial charge is 0.248 e. The summed E-state index contributed by atoms with van der Waals surface area (Å²) >= 11 is 0. The molecule has 13 heavy (non-hydrogen) atoms. The zero-order valence-electron chi connectivity index (χ0n) is 9.76. The van der Waals surface area contributed by atoms with Gasteiger partial charge in [0.25, 0.3) is 0 Å². The standard InChI is InChI=1S/C6H11NO2.2C2H6/c1-5-3-7(2)6(8)4-9-5;2*1-2/h5H,3-4H2,1-2H3;2*1-2H3. The van der Waals surface area contributed by atoms with Crippen LogP contribution in [-0.4, -0.2) is 37.1 Å². The maximum atomic E-state index is 10.7. The van der Waals surface area contributed by atoms with Gasteiger partial charge in [-0.05, 0) is 6.92 Å². The number of carbonyl (C=O) groups is 1. The minimum absolute atomic E-state index is 0.0769. The van der Waals surface area contributed by atoms with E-state index >= 15 is 0 Å². The number of rotatable bonds is 0. The highest BCUT2D eigenvalue weighted by Crippen LogP contribution is 2.01. The number of nitrogens with zero attached hydrogens (tertiary/aromatic N) is 1. The molecule has 1 heterocycles. The van der Waals surface area contributed by atoms with E-state index in [1.54, 1.807) is 11.9 Å². The second-order valence-corrected chi connectivity index (χ2v) is 2.40. The van der Waals surface area contributed by atoms with Gasteiger partial charge in [0.05, 0.1) is 6.10 Å². The van der Waals surface area contributed by atoms with Crippen LogP contribution in [-0.2, 0) is 9.53 Å². The van der Waals surface area contributed by atoms with Crippen molar-refractivity contribution < 1.29 is 9.53 Å². The van der Waals surface area contributed by atoms with Crippen LogP contribution in [0.15, 0.2) is 0 Å². The van der Waals surface area contributed by atoms with Crippen LogP contribution in [0.4, 0.5) is 0 Å². The van der Waals surface area contributed by atoms with Crippen LogP contribution in [0.2, 0.25) is 0 Å². The second-order valence-electron chi connectivity index (χ2n) is 2.40. The molecule has 1 saturated heterocycles. The lowest BCUT2D eigenvalue weighted by Gasteiger charge is -2.27. The molecular formula is C10H23NO2. The van der Waals surface area contributed by atoms with Crippen LogP contribution >= 0.6 is 0 Å². The Labute approximate surface area is 82.1 Å². The average Bonchev–Trinajstić information content (AvgIpc) is 2.18. The number of hydrogen-bond donors (Lipinski definition) is 0. The van der Waals surface area contributed by atoms with E-state index in [1.807, 2.05) is 34.6 Å². The van der Waals surface area contributed by atoms with Crippen LogP contribution in [0.1, 0.15) is 34.6 Å². The van der Waals surface area contributed by atoms with Crippen LogP contribution < -0.4 is 0 Å². The number of ether oxygens (including phenoxy) is 1. The lowest BCUT2D eigenvalue weighted by molar-refractivity contribution is -0.145. The molecule has 0 bridgehead atoms. The molecule has 3 heteroatoms. The van der Waals surface area contributed by atoms with Crippen molar-refractivity contribution in [3.05, 3.63) is 0 Å². The predicted octanol–water partition coefficient (Wildman–Crippen LogP) is 1.92. The first-order valence-electron chi connectivity index (χ1n) is 5.05. The number of morpholine rings is 1. The van der Waals surface area contributed by atoms with Gasteiger partial charge >= 0.3 is 0 Å². The van der Waals surface area contributed by atoms with E-state index in [1.165, 1.54) is 0 Å². The van der Waals surface area contributed by atoms with Gasteiger partial charge in [-0.1, -0.05) is 27.7 Å². The van der Waals surface area contributed by atoms with Crippen molar-refractivity contribution in [1.82, 2.24) is 4.90 Å². The van der Waals surface area contributed by atoms with Gasteiger partial charge in [-0.3, -0.25) is 4.79 Å². The second kappa shape index (κ2) is 9.52. The highest BCUT2D eigenvalue weighted by Gasteiger charge is 2.19. The van der Waals surface area contributed by atoms with Crippen LogP contribution in [0.3, 0.4) is 0 Å². The molecule has 0 aromatic carbocycles. The van der Waals surface area contributed by atoms with E-state index in [0.29, 0.717) is 0 Å². The van der Waals surface area contributed by atoms with E-state index in [2.05, 4.69) is 0 Å². The van der Waals surface area contributed by atoms with Gasteiger partial charge in [0.15, 0.2) is 0 Å². The molecule has 0 aromatic heterocycles. The van der Waals surface area contributed by atoms with Crippen molar-refractivity contribution in [3.63, 3.8) is 0 Å². The largest absolute Gasteiger partial charge is 0.367 e. The van der Waals surface area contributed by atoms with Crippen LogP contribution in [0.5, 0.6) is 0 Å². The quantitative estimate of drug-likeness (QED) is 0.582. The number of likely N-dealkylation sites (N-methyl/N-ethyl adjacent to an activating group) is 1. The van der Waals surface area contributed by atoms with Gasteiger partial charge < -0.3 is 9.64 Å². The number of amides is 1. The maximum absolute atomic E-state index is 10.7. The molecule has 1 aliphatic rings. The first-order chi connectivity index (χ1) is 6.20. The molecule has 0 radical (unpaired) electrons. The van der Waals surface area contributed by atoms with Crippen molar-refractivity contribution >= 4 is 5.91 Å². The van der Waals surface area contributed by atoms with E-state index in [-0.39, 0.29) is 18.6 Å². The van der Waals surface area contributed by atoms with Crippen LogP contribution in [0, 0.1) is 0 Å². The lowest BCUT2D eigenvalue weighted by atomic mass is 10.3. The Balaban J connectivity index is 0. The van der Waals surface area contributed by atoms with Crippen LogP contribution in [0.25, 0.3) is 0 Å². The highest BCUT2D eigenvalue weighted by atomic mass is 16.5. The molecule has 1 fully saturated rings. The van der Waals surface area contributed by atoms with E-state index < -0.39 is 0 Å². The predicted molar refractivity (Wildman–Crippen MR) is 55.7 cm³/mol. The summed E-state index contributed by atoms with van der Waals surface area (Å²) in [5.74, 6) is 0.0769. The molecule has 1 atom stereocenters. The summed E-state index contributed by atoms with van der Waals surface area (Å²) in [7, 11) is 1.79. The van der Waals surface area contributed by atoms with Gasteiger partial charge in [0.1, 0.15) is 6.61 Å².